The van der Waals surface area contributed by atoms with Crippen molar-refractivity contribution in [2.75, 3.05) is 17.7 Å². The highest BCUT2D eigenvalue weighted by Gasteiger charge is 2.05. The van der Waals surface area contributed by atoms with Gasteiger partial charge in [-0.25, -0.2) is 0 Å². The smallest absolute Gasteiger partial charge is 0.0847 e. The number of alkyl halides is 1. The van der Waals surface area contributed by atoms with Gasteiger partial charge in [-0.1, -0.05) is 11.6 Å². The number of rotatable bonds is 4. The minimum atomic E-state index is -0.552. The van der Waals surface area contributed by atoms with Gasteiger partial charge in [0.15, 0.2) is 0 Å². The van der Waals surface area contributed by atoms with Crippen LogP contribution in [0.1, 0.15) is 11.1 Å². The third-order valence-corrected chi connectivity index (χ3v) is 2.96. The van der Waals surface area contributed by atoms with Crippen molar-refractivity contribution in [2.24, 2.45) is 0 Å². The SMILES string of the molecule is Cc1cc(Cl)c(NCC(O)CCl)cc1C. The van der Waals surface area contributed by atoms with Gasteiger partial charge in [0, 0.05) is 6.54 Å². The molecule has 0 bridgehead atoms. The average molecular weight is 248 g/mol. The van der Waals surface area contributed by atoms with Gasteiger partial charge in [0.1, 0.15) is 0 Å². The van der Waals surface area contributed by atoms with E-state index in [1.807, 2.05) is 26.0 Å². The van der Waals surface area contributed by atoms with Crippen LogP contribution in [0.2, 0.25) is 5.02 Å². The van der Waals surface area contributed by atoms with Gasteiger partial charge in [-0.05, 0) is 37.1 Å². The Kier molecular flexibility index (Phi) is 4.71. The summed E-state index contributed by atoms with van der Waals surface area (Å²) in [6.07, 6.45) is -0.552. The maximum absolute atomic E-state index is 9.30. The van der Waals surface area contributed by atoms with Crippen molar-refractivity contribution in [3.8, 4) is 0 Å². The molecule has 0 saturated carbocycles. The van der Waals surface area contributed by atoms with E-state index < -0.39 is 6.10 Å². The summed E-state index contributed by atoms with van der Waals surface area (Å²) in [6, 6.07) is 3.88. The molecular weight excluding hydrogens is 233 g/mol. The largest absolute Gasteiger partial charge is 0.390 e. The minimum absolute atomic E-state index is 0.218. The summed E-state index contributed by atoms with van der Waals surface area (Å²) >= 11 is 11.5. The predicted octanol–water partition coefficient (Wildman–Crippen LogP) is 2.97. The van der Waals surface area contributed by atoms with E-state index in [0.29, 0.717) is 11.6 Å². The molecule has 0 fully saturated rings. The Labute approximate surface area is 100 Å². The van der Waals surface area contributed by atoms with E-state index in [1.54, 1.807) is 0 Å². The van der Waals surface area contributed by atoms with Gasteiger partial charge in [-0.15, -0.1) is 11.6 Å². The standard InChI is InChI=1S/C11H15Cl2NO/c1-7-3-10(13)11(4-8(7)2)14-6-9(15)5-12/h3-4,9,14-15H,5-6H2,1-2H3. The van der Waals surface area contributed by atoms with Gasteiger partial charge in [-0.3, -0.25) is 0 Å². The summed E-state index contributed by atoms with van der Waals surface area (Å²) in [6.45, 7) is 4.44. The molecule has 15 heavy (non-hydrogen) atoms. The van der Waals surface area contributed by atoms with E-state index in [2.05, 4.69) is 5.32 Å². The van der Waals surface area contributed by atoms with Crippen molar-refractivity contribution in [2.45, 2.75) is 20.0 Å². The second-order valence-electron chi connectivity index (χ2n) is 3.61. The first kappa shape index (κ1) is 12.6. The van der Waals surface area contributed by atoms with Crippen LogP contribution in [0.4, 0.5) is 5.69 Å². The molecule has 0 aromatic heterocycles. The summed E-state index contributed by atoms with van der Waals surface area (Å²) in [4.78, 5) is 0. The van der Waals surface area contributed by atoms with Crippen LogP contribution in [-0.2, 0) is 0 Å². The maximum Gasteiger partial charge on any atom is 0.0847 e. The number of hydrogen-bond acceptors (Lipinski definition) is 2. The third kappa shape index (κ3) is 3.56. The quantitative estimate of drug-likeness (QED) is 0.803. The van der Waals surface area contributed by atoms with Gasteiger partial charge >= 0.3 is 0 Å². The molecule has 1 rings (SSSR count). The number of aliphatic hydroxyl groups is 1. The van der Waals surface area contributed by atoms with E-state index in [4.69, 9.17) is 23.2 Å². The predicted molar refractivity (Wildman–Crippen MR) is 66.1 cm³/mol. The highest BCUT2D eigenvalue weighted by atomic mass is 35.5. The molecule has 0 aliphatic rings. The third-order valence-electron chi connectivity index (χ3n) is 2.29. The lowest BCUT2D eigenvalue weighted by molar-refractivity contribution is 0.211. The Bertz CT molecular complexity index is 342. The molecule has 0 saturated heterocycles. The Morgan fingerprint density at radius 3 is 2.53 bits per heavy atom. The van der Waals surface area contributed by atoms with Crippen molar-refractivity contribution in [3.63, 3.8) is 0 Å². The molecule has 0 amide bonds. The van der Waals surface area contributed by atoms with E-state index in [1.165, 1.54) is 5.56 Å². The summed E-state index contributed by atoms with van der Waals surface area (Å²) in [5.41, 5.74) is 3.16. The molecule has 2 N–H and O–H groups in total. The fourth-order valence-electron chi connectivity index (χ4n) is 1.20. The van der Waals surface area contributed by atoms with Crippen LogP contribution in [0.25, 0.3) is 0 Å². The van der Waals surface area contributed by atoms with Crippen LogP contribution >= 0.6 is 23.2 Å². The normalized spacial score (nSPS) is 12.6. The topological polar surface area (TPSA) is 32.3 Å². The highest BCUT2D eigenvalue weighted by Crippen LogP contribution is 2.25. The van der Waals surface area contributed by atoms with Gasteiger partial charge in [0.2, 0.25) is 0 Å². The molecule has 0 spiro atoms. The van der Waals surface area contributed by atoms with Crippen LogP contribution in [0.5, 0.6) is 0 Å². The van der Waals surface area contributed by atoms with Gasteiger partial charge in [-0.2, -0.15) is 0 Å². The second kappa shape index (κ2) is 5.59. The van der Waals surface area contributed by atoms with Crippen molar-refractivity contribution in [1.29, 1.82) is 0 Å². The van der Waals surface area contributed by atoms with Crippen molar-refractivity contribution >= 4 is 28.9 Å². The van der Waals surface area contributed by atoms with Gasteiger partial charge in [0.25, 0.3) is 0 Å². The van der Waals surface area contributed by atoms with E-state index in [0.717, 1.165) is 11.3 Å². The van der Waals surface area contributed by atoms with Gasteiger partial charge in [0.05, 0.1) is 22.7 Å². The Balaban J connectivity index is 2.73. The van der Waals surface area contributed by atoms with E-state index >= 15 is 0 Å². The summed E-state index contributed by atoms with van der Waals surface area (Å²) in [5.74, 6) is 0.218. The average Bonchev–Trinajstić information content (AvgIpc) is 2.21. The number of aliphatic hydroxyl groups excluding tert-OH is 1. The van der Waals surface area contributed by atoms with Crippen LogP contribution in [0.15, 0.2) is 12.1 Å². The lowest BCUT2D eigenvalue weighted by Gasteiger charge is -2.13. The van der Waals surface area contributed by atoms with E-state index in [-0.39, 0.29) is 5.88 Å². The van der Waals surface area contributed by atoms with Crippen LogP contribution in [0.3, 0.4) is 0 Å². The zero-order chi connectivity index (χ0) is 11.4. The molecule has 4 heteroatoms. The second-order valence-corrected chi connectivity index (χ2v) is 4.32. The monoisotopic (exact) mass is 247 g/mol. The Morgan fingerprint density at radius 2 is 1.93 bits per heavy atom. The molecule has 1 aromatic rings. The molecule has 1 aromatic carbocycles. The van der Waals surface area contributed by atoms with Crippen LogP contribution < -0.4 is 5.32 Å². The minimum Gasteiger partial charge on any atom is -0.390 e. The zero-order valence-corrected chi connectivity index (χ0v) is 10.4. The first-order valence-electron chi connectivity index (χ1n) is 4.79. The molecule has 84 valence electrons. The summed E-state index contributed by atoms with van der Waals surface area (Å²) in [7, 11) is 0. The molecule has 1 atom stereocenters. The molecule has 0 aliphatic carbocycles. The lowest BCUT2D eigenvalue weighted by Crippen LogP contribution is -2.20. The van der Waals surface area contributed by atoms with Gasteiger partial charge < -0.3 is 10.4 Å². The molecule has 0 radical (unpaired) electrons. The number of nitrogens with one attached hydrogen (secondary N) is 1. The lowest BCUT2D eigenvalue weighted by atomic mass is 10.1. The molecule has 2 nitrogen and oxygen atoms in total. The fourth-order valence-corrected chi connectivity index (χ4v) is 1.59. The van der Waals surface area contributed by atoms with Crippen LogP contribution in [-0.4, -0.2) is 23.6 Å². The molecular formula is C11H15Cl2NO. The number of anilines is 1. The number of benzene rings is 1. The Morgan fingerprint density at radius 1 is 1.33 bits per heavy atom. The van der Waals surface area contributed by atoms with Crippen molar-refractivity contribution in [3.05, 3.63) is 28.3 Å². The number of halogens is 2. The summed E-state index contributed by atoms with van der Waals surface area (Å²) < 4.78 is 0. The van der Waals surface area contributed by atoms with Crippen LogP contribution in [0, 0.1) is 13.8 Å². The number of aryl methyl sites for hydroxylation is 2. The van der Waals surface area contributed by atoms with Crippen molar-refractivity contribution in [1.82, 2.24) is 0 Å². The zero-order valence-electron chi connectivity index (χ0n) is 8.85. The summed E-state index contributed by atoms with van der Waals surface area (Å²) in [5, 5.41) is 13.0. The molecule has 0 heterocycles. The highest BCUT2D eigenvalue weighted by molar-refractivity contribution is 6.33. The Hall–Kier alpha value is -0.440. The van der Waals surface area contributed by atoms with Crippen molar-refractivity contribution < 1.29 is 5.11 Å². The molecule has 1 unspecified atom stereocenters. The number of hydrogen-bond donors (Lipinski definition) is 2. The fraction of sp³-hybridized carbons (Fsp3) is 0.455. The molecule has 0 aliphatic heterocycles. The maximum atomic E-state index is 9.30. The first-order chi connectivity index (χ1) is 7.04. The first-order valence-corrected chi connectivity index (χ1v) is 5.70. The van der Waals surface area contributed by atoms with E-state index in [9.17, 15) is 5.11 Å².